The quantitative estimate of drug-likeness (QED) is 0.571. The molecule has 2 heterocycles. The smallest absolute Gasteiger partial charge is 0.243 e. The number of aromatic nitrogens is 3. The van der Waals surface area contributed by atoms with Crippen molar-refractivity contribution in [3.05, 3.63) is 66.7 Å². The lowest BCUT2D eigenvalue weighted by Gasteiger charge is -2.15. The van der Waals surface area contributed by atoms with Gasteiger partial charge in [-0.2, -0.15) is 0 Å². The largest absolute Gasteiger partial charge is 0.345 e. The van der Waals surface area contributed by atoms with E-state index in [-0.39, 0.29) is 4.90 Å². The molecule has 6 nitrogen and oxygen atoms in total. The Bertz CT molecular complexity index is 1280. The molecule has 1 N–H and O–H groups in total. The maximum absolute atomic E-state index is 14.9. The fraction of sp³-hybridized carbons (Fsp3) is 0.100. The molecule has 0 spiro atoms. The van der Waals surface area contributed by atoms with Gasteiger partial charge in [-0.1, -0.05) is 24.3 Å². The first-order chi connectivity index (χ1) is 13.4. The SMILES string of the molecule is CN(C)S(=O)(=O)c1ccccc1-c1ccc(-c2cnc3[nH]ccc3n2)c(F)c1. The number of benzene rings is 2. The zero-order valence-electron chi connectivity index (χ0n) is 15.2. The molecule has 0 amide bonds. The highest BCUT2D eigenvalue weighted by atomic mass is 32.2. The Morgan fingerprint density at radius 1 is 1.04 bits per heavy atom. The van der Waals surface area contributed by atoms with E-state index < -0.39 is 15.8 Å². The standard InChI is InChI=1S/C20H17FN4O2S/c1-25(2)28(26,27)19-6-4-3-5-14(19)13-7-8-15(16(21)11-13)18-12-23-20-17(24-18)9-10-22-20/h3-12H,1-2H3,(H,22,23). The lowest BCUT2D eigenvalue weighted by atomic mass is 10.0. The van der Waals surface area contributed by atoms with Crippen LogP contribution in [0.3, 0.4) is 0 Å². The average molecular weight is 396 g/mol. The molecule has 0 unspecified atom stereocenters. The van der Waals surface area contributed by atoms with Crippen LogP contribution in [-0.4, -0.2) is 41.8 Å². The number of hydrogen-bond acceptors (Lipinski definition) is 4. The fourth-order valence-corrected chi connectivity index (χ4v) is 4.08. The van der Waals surface area contributed by atoms with Crippen LogP contribution < -0.4 is 0 Å². The second kappa shape index (κ2) is 6.81. The topological polar surface area (TPSA) is 79.0 Å². The highest BCUT2D eigenvalue weighted by Crippen LogP contribution is 2.32. The van der Waals surface area contributed by atoms with Crippen molar-refractivity contribution in [2.24, 2.45) is 0 Å². The van der Waals surface area contributed by atoms with Gasteiger partial charge >= 0.3 is 0 Å². The van der Waals surface area contributed by atoms with Gasteiger partial charge in [0.25, 0.3) is 0 Å². The van der Waals surface area contributed by atoms with Crippen LogP contribution in [0.4, 0.5) is 4.39 Å². The molecule has 0 radical (unpaired) electrons. The summed E-state index contributed by atoms with van der Waals surface area (Å²) < 4.78 is 41.3. The van der Waals surface area contributed by atoms with Gasteiger partial charge in [0.05, 0.1) is 16.8 Å². The van der Waals surface area contributed by atoms with E-state index in [1.54, 1.807) is 42.6 Å². The molecule has 0 aliphatic heterocycles. The molecule has 2 aromatic carbocycles. The predicted molar refractivity (Wildman–Crippen MR) is 106 cm³/mol. The van der Waals surface area contributed by atoms with E-state index in [9.17, 15) is 12.8 Å². The molecule has 0 aliphatic carbocycles. The molecule has 142 valence electrons. The van der Waals surface area contributed by atoms with Crippen LogP contribution in [0.2, 0.25) is 0 Å². The molecule has 2 aromatic heterocycles. The van der Waals surface area contributed by atoms with Crippen LogP contribution in [0.5, 0.6) is 0 Å². The van der Waals surface area contributed by atoms with Crippen molar-refractivity contribution < 1.29 is 12.8 Å². The number of aromatic amines is 1. The van der Waals surface area contributed by atoms with E-state index in [1.165, 1.54) is 32.4 Å². The number of hydrogen-bond donors (Lipinski definition) is 1. The lowest BCUT2D eigenvalue weighted by molar-refractivity contribution is 0.521. The van der Waals surface area contributed by atoms with E-state index >= 15 is 0 Å². The Balaban J connectivity index is 1.81. The van der Waals surface area contributed by atoms with Crippen LogP contribution in [0.15, 0.2) is 65.8 Å². The van der Waals surface area contributed by atoms with Crippen LogP contribution in [0, 0.1) is 5.82 Å². The monoisotopic (exact) mass is 396 g/mol. The number of H-pyrrole nitrogens is 1. The summed E-state index contributed by atoms with van der Waals surface area (Å²) in [5.41, 5.74) is 2.89. The van der Waals surface area contributed by atoms with Crippen molar-refractivity contribution in [1.29, 1.82) is 0 Å². The molecule has 0 aliphatic rings. The molecule has 0 saturated heterocycles. The fourth-order valence-electron chi connectivity index (χ4n) is 2.98. The summed E-state index contributed by atoms with van der Waals surface area (Å²) >= 11 is 0. The van der Waals surface area contributed by atoms with E-state index in [4.69, 9.17) is 0 Å². The predicted octanol–water partition coefficient (Wildman–Crippen LogP) is 3.68. The maximum atomic E-state index is 14.9. The minimum Gasteiger partial charge on any atom is -0.345 e. The Morgan fingerprint density at radius 3 is 2.57 bits per heavy atom. The first-order valence-corrected chi connectivity index (χ1v) is 9.94. The highest BCUT2D eigenvalue weighted by molar-refractivity contribution is 7.89. The number of nitrogens with one attached hydrogen (secondary N) is 1. The number of rotatable bonds is 4. The Morgan fingerprint density at radius 2 is 1.82 bits per heavy atom. The lowest BCUT2D eigenvalue weighted by Crippen LogP contribution is -2.22. The van der Waals surface area contributed by atoms with Crippen LogP contribution in [0.1, 0.15) is 0 Å². The molecule has 0 saturated carbocycles. The van der Waals surface area contributed by atoms with Crippen molar-refractivity contribution >= 4 is 21.2 Å². The van der Waals surface area contributed by atoms with Gasteiger partial charge in [-0.05, 0) is 29.8 Å². The van der Waals surface area contributed by atoms with E-state index in [1.807, 2.05) is 0 Å². The summed E-state index contributed by atoms with van der Waals surface area (Å²) in [6.45, 7) is 0. The molecule has 4 aromatic rings. The van der Waals surface area contributed by atoms with Gasteiger partial charge in [-0.25, -0.2) is 27.1 Å². The van der Waals surface area contributed by atoms with E-state index in [2.05, 4.69) is 15.0 Å². The summed E-state index contributed by atoms with van der Waals surface area (Å²) in [6.07, 6.45) is 3.22. The third-order valence-electron chi connectivity index (χ3n) is 4.46. The van der Waals surface area contributed by atoms with Crippen LogP contribution in [-0.2, 0) is 10.0 Å². The molecule has 0 fully saturated rings. The molecular weight excluding hydrogens is 379 g/mol. The van der Waals surface area contributed by atoms with Crippen LogP contribution in [0.25, 0.3) is 33.5 Å². The second-order valence-corrected chi connectivity index (χ2v) is 8.57. The van der Waals surface area contributed by atoms with E-state index in [0.29, 0.717) is 33.5 Å². The Labute approximate surface area is 161 Å². The number of halogens is 1. The Kier molecular flexibility index (Phi) is 4.44. The third-order valence-corrected chi connectivity index (χ3v) is 6.34. The molecule has 0 atom stereocenters. The number of sulfonamides is 1. The molecule has 4 rings (SSSR count). The maximum Gasteiger partial charge on any atom is 0.243 e. The summed E-state index contributed by atoms with van der Waals surface area (Å²) in [5.74, 6) is -0.501. The van der Waals surface area contributed by atoms with Crippen LogP contribution >= 0.6 is 0 Å². The van der Waals surface area contributed by atoms with Crippen molar-refractivity contribution in [1.82, 2.24) is 19.3 Å². The van der Waals surface area contributed by atoms with Gasteiger partial charge in [-0.15, -0.1) is 0 Å². The van der Waals surface area contributed by atoms with Crippen molar-refractivity contribution in [2.75, 3.05) is 14.1 Å². The van der Waals surface area contributed by atoms with E-state index in [0.717, 1.165) is 4.31 Å². The van der Waals surface area contributed by atoms with Gasteiger partial charge < -0.3 is 4.98 Å². The molecule has 0 bridgehead atoms. The summed E-state index contributed by atoms with van der Waals surface area (Å²) in [6, 6.07) is 12.9. The average Bonchev–Trinajstić information content (AvgIpc) is 3.15. The Hall–Kier alpha value is -3.10. The van der Waals surface area contributed by atoms with Gasteiger partial charge in [0, 0.05) is 31.4 Å². The normalized spacial score (nSPS) is 12.0. The molecule has 8 heteroatoms. The van der Waals surface area contributed by atoms with Crippen molar-refractivity contribution in [3.63, 3.8) is 0 Å². The first kappa shape index (κ1) is 18.3. The zero-order valence-corrected chi connectivity index (χ0v) is 16.0. The summed E-state index contributed by atoms with van der Waals surface area (Å²) in [4.78, 5) is 11.7. The number of nitrogens with zero attached hydrogens (tertiary/aromatic N) is 3. The summed E-state index contributed by atoms with van der Waals surface area (Å²) in [7, 11) is -0.736. The third kappa shape index (κ3) is 3.06. The number of fused-ring (bicyclic) bond motifs is 1. The zero-order chi connectivity index (χ0) is 19.9. The van der Waals surface area contributed by atoms with Gasteiger partial charge in [0.2, 0.25) is 10.0 Å². The first-order valence-electron chi connectivity index (χ1n) is 8.50. The minimum absolute atomic E-state index is 0.126. The summed E-state index contributed by atoms with van der Waals surface area (Å²) in [5, 5.41) is 0. The van der Waals surface area contributed by atoms with Crippen molar-refractivity contribution in [3.8, 4) is 22.4 Å². The highest BCUT2D eigenvalue weighted by Gasteiger charge is 2.22. The minimum atomic E-state index is -3.66. The molecule has 28 heavy (non-hydrogen) atoms. The van der Waals surface area contributed by atoms with Gasteiger partial charge in [0.15, 0.2) is 5.65 Å². The second-order valence-electron chi connectivity index (χ2n) is 6.44. The van der Waals surface area contributed by atoms with Crippen molar-refractivity contribution in [2.45, 2.75) is 4.90 Å². The van der Waals surface area contributed by atoms with Gasteiger partial charge in [0.1, 0.15) is 11.3 Å². The molecular formula is C20H17FN4O2S. The van der Waals surface area contributed by atoms with Gasteiger partial charge in [-0.3, -0.25) is 0 Å².